The van der Waals surface area contributed by atoms with E-state index in [-0.39, 0.29) is 17.6 Å². The minimum Gasteiger partial charge on any atom is -0.497 e. The number of ether oxygens (including phenoxy) is 3. The van der Waals surface area contributed by atoms with Crippen molar-refractivity contribution >= 4 is 51.3 Å². The lowest BCUT2D eigenvalue weighted by molar-refractivity contribution is 0.0434. The monoisotopic (exact) mass is 673 g/mol. The van der Waals surface area contributed by atoms with Crippen molar-refractivity contribution < 1.29 is 19.0 Å². The number of imidazole rings is 1. The minimum atomic E-state index is -0.554. The minimum absolute atomic E-state index is 0.0849. The van der Waals surface area contributed by atoms with E-state index in [1.165, 1.54) is 0 Å². The summed E-state index contributed by atoms with van der Waals surface area (Å²) in [5.41, 5.74) is 2.05. The predicted octanol–water partition coefficient (Wildman–Crippen LogP) is 4.64. The number of benzene rings is 1. The van der Waals surface area contributed by atoms with Gasteiger partial charge in [0, 0.05) is 30.9 Å². The molecule has 1 aromatic carbocycles. The van der Waals surface area contributed by atoms with Crippen molar-refractivity contribution in [2.24, 2.45) is 5.41 Å². The summed E-state index contributed by atoms with van der Waals surface area (Å²) < 4.78 is 21.9. The first-order valence-corrected chi connectivity index (χ1v) is 15.0. The number of hydrogen-bond donors (Lipinski definition) is 1. The van der Waals surface area contributed by atoms with Gasteiger partial charge in [0.05, 0.1) is 37.8 Å². The van der Waals surface area contributed by atoms with Gasteiger partial charge in [-0.05, 0) is 80.8 Å². The highest BCUT2D eigenvalue weighted by molar-refractivity contribution is 14.1. The largest absolute Gasteiger partial charge is 0.497 e. The van der Waals surface area contributed by atoms with Crippen LogP contribution in [0.5, 0.6) is 5.75 Å². The zero-order chi connectivity index (χ0) is 28.9. The van der Waals surface area contributed by atoms with Crippen molar-refractivity contribution in [2.45, 2.75) is 64.8 Å². The summed E-state index contributed by atoms with van der Waals surface area (Å²) in [4.78, 5) is 24.9. The second-order valence-corrected chi connectivity index (χ2v) is 13.0. The Balaban J connectivity index is 1.27. The van der Waals surface area contributed by atoms with E-state index < -0.39 is 11.7 Å². The summed E-state index contributed by atoms with van der Waals surface area (Å²) in [5.74, 6) is 1.66. The Morgan fingerprint density at radius 1 is 1.20 bits per heavy atom. The standard InChI is InChI=1S/C29H36IN7O4/c1-18-22(32-27(38)41-28(2,3)4)29(17-40-18)10-13-35(14-11-29)26-33-25-21(24-31-12-15-36(24)26)23(30)34-37(25)16-19-6-8-20(39-5)9-7-19/h6-9,12,15,18,22H,10-11,13-14,16-17H2,1-5H3,(H,32,38)/t18-,22+/m0/s1. The number of anilines is 1. The van der Waals surface area contributed by atoms with Crippen molar-refractivity contribution in [3.05, 3.63) is 45.9 Å². The van der Waals surface area contributed by atoms with Gasteiger partial charge in [-0.1, -0.05) is 12.1 Å². The lowest BCUT2D eigenvalue weighted by Gasteiger charge is -2.43. The highest BCUT2D eigenvalue weighted by Gasteiger charge is 2.50. The van der Waals surface area contributed by atoms with Gasteiger partial charge >= 0.3 is 6.09 Å². The van der Waals surface area contributed by atoms with Crippen molar-refractivity contribution in [1.82, 2.24) is 29.5 Å². The first-order valence-electron chi connectivity index (χ1n) is 13.9. The second kappa shape index (κ2) is 10.6. The van der Waals surface area contributed by atoms with Crippen molar-refractivity contribution in [1.29, 1.82) is 0 Å². The number of methoxy groups -OCH3 is 1. The molecule has 2 aliphatic rings. The number of carbonyl (C=O) groups excluding carboxylic acids is 1. The molecular formula is C29H36IN7O4. The molecule has 6 rings (SSSR count). The van der Waals surface area contributed by atoms with Crippen LogP contribution in [0.25, 0.3) is 16.7 Å². The Morgan fingerprint density at radius 3 is 2.61 bits per heavy atom. The third-order valence-electron chi connectivity index (χ3n) is 8.14. The third kappa shape index (κ3) is 5.31. The third-order valence-corrected chi connectivity index (χ3v) is 8.89. The molecule has 0 aliphatic carbocycles. The van der Waals surface area contributed by atoms with Gasteiger partial charge in [-0.25, -0.2) is 14.5 Å². The summed E-state index contributed by atoms with van der Waals surface area (Å²) in [6, 6.07) is 7.89. The van der Waals surface area contributed by atoms with Gasteiger partial charge in [-0.2, -0.15) is 10.1 Å². The van der Waals surface area contributed by atoms with Crippen LogP contribution in [-0.2, 0) is 16.0 Å². The van der Waals surface area contributed by atoms with Gasteiger partial charge in [-0.3, -0.25) is 4.40 Å². The number of halogens is 1. The molecule has 1 N–H and O–H groups in total. The molecule has 1 amide bonds. The smallest absolute Gasteiger partial charge is 0.407 e. The molecule has 0 unspecified atom stereocenters. The molecule has 218 valence electrons. The zero-order valence-corrected chi connectivity index (χ0v) is 26.2. The van der Waals surface area contributed by atoms with Crippen LogP contribution < -0.4 is 15.0 Å². The molecule has 2 saturated heterocycles. The van der Waals surface area contributed by atoms with Crippen LogP contribution in [0.15, 0.2) is 36.7 Å². The number of amides is 1. The van der Waals surface area contributed by atoms with E-state index >= 15 is 0 Å². The van der Waals surface area contributed by atoms with E-state index in [1.54, 1.807) is 7.11 Å². The van der Waals surface area contributed by atoms with Crippen LogP contribution in [0.3, 0.4) is 0 Å². The number of fused-ring (bicyclic) bond motifs is 3. The quantitative estimate of drug-likeness (QED) is 0.306. The Morgan fingerprint density at radius 2 is 1.93 bits per heavy atom. The van der Waals surface area contributed by atoms with E-state index in [0.29, 0.717) is 13.2 Å². The van der Waals surface area contributed by atoms with Crippen molar-refractivity contribution in [2.75, 3.05) is 31.7 Å². The molecule has 2 atom stereocenters. The lowest BCUT2D eigenvalue weighted by Crippen LogP contribution is -2.55. The SMILES string of the molecule is COc1ccc(Cn2nc(I)c3c2nc(N2CCC4(CC2)CO[C@@H](C)[C@H]4NC(=O)OC(C)(C)C)n2ccnc32)cc1. The van der Waals surface area contributed by atoms with Crippen LogP contribution >= 0.6 is 22.6 Å². The fourth-order valence-electron chi connectivity index (χ4n) is 6.06. The summed E-state index contributed by atoms with van der Waals surface area (Å²) in [6.45, 7) is 10.4. The Bertz CT molecular complexity index is 1570. The van der Waals surface area contributed by atoms with E-state index in [9.17, 15) is 4.79 Å². The highest BCUT2D eigenvalue weighted by atomic mass is 127. The lowest BCUT2D eigenvalue weighted by atomic mass is 9.73. The number of aromatic nitrogens is 5. The maximum atomic E-state index is 12.7. The van der Waals surface area contributed by atoms with Gasteiger partial charge in [0.15, 0.2) is 11.3 Å². The molecule has 5 heterocycles. The van der Waals surface area contributed by atoms with E-state index in [0.717, 1.165) is 63.6 Å². The summed E-state index contributed by atoms with van der Waals surface area (Å²) in [7, 11) is 1.67. The fraction of sp³-hybridized carbons (Fsp3) is 0.517. The maximum absolute atomic E-state index is 12.7. The van der Waals surface area contributed by atoms with Crippen LogP contribution in [0.2, 0.25) is 0 Å². The number of piperidine rings is 1. The molecule has 3 aromatic heterocycles. The first-order chi connectivity index (χ1) is 19.6. The van der Waals surface area contributed by atoms with Crippen LogP contribution in [-0.4, -0.2) is 74.8 Å². The topological polar surface area (TPSA) is 108 Å². The van der Waals surface area contributed by atoms with Gasteiger partial charge in [0.2, 0.25) is 5.95 Å². The molecule has 2 aliphatic heterocycles. The molecule has 12 heteroatoms. The molecule has 41 heavy (non-hydrogen) atoms. The summed E-state index contributed by atoms with van der Waals surface area (Å²) in [6.07, 6.45) is 5.01. The van der Waals surface area contributed by atoms with Crippen LogP contribution in [0, 0.1) is 9.12 Å². The van der Waals surface area contributed by atoms with E-state index in [4.69, 9.17) is 29.3 Å². The first kappa shape index (κ1) is 28.0. The van der Waals surface area contributed by atoms with Crippen LogP contribution in [0.4, 0.5) is 10.7 Å². The van der Waals surface area contributed by atoms with Gasteiger partial charge in [0.1, 0.15) is 15.1 Å². The predicted molar refractivity (Wildman–Crippen MR) is 164 cm³/mol. The molecule has 4 aromatic rings. The molecule has 0 bridgehead atoms. The average Bonchev–Trinajstić information content (AvgIpc) is 3.61. The Labute approximate surface area is 252 Å². The van der Waals surface area contributed by atoms with Crippen LogP contribution in [0.1, 0.15) is 46.1 Å². The molecule has 11 nitrogen and oxygen atoms in total. The molecule has 0 radical (unpaired) electrons. The van der Waals surface area contributed by atoms with Crippen molar-refractivity contribution in [3.8, 4) is 5.75 Å². The maximum Gasteiger partial charge on any atom is 0.407 e. The molecular weight excluding hydrogens is 637 g/mol. The van der Waals surface area contributed by atoms with Crippen molar-refractivity contribution in [3.63, 3.8) is 0 Å². The Hall–Kier alpha value is -3.13. The number of nitrogens with one attached hydrogen (secondary N) is 1. The summed E-state index contributed by atoms with van der Waals surface area (Å²) in [5, 5.41) is 8.92. The molecule has 1 spiro atoms. The molecule has 2 fully saturated rings. The Kier molecular flexibility index (Phi) is 7.25. The molecule has 0 saturated carbocycles. The van der Waals surface area contributed by atoms with Gasteiger partial charge < -0.3 is 24.4 Å². The highest BCUT2D eigenvalue weighted by Crippen LogP contribution is 2.43. The van der Waals surface area contributed by atoms with Gasteiger partial charge in [0.25, 0.3) is 0 Å². The summed E-state index contributed by atoms with van der Waals surface area (Å²) >= 11 is 2.27. The number of hydrogen-bond acceptors (Lipinski definition) is 8. The normalized spacial score (nSPS) is 20.7. The fourth-order valence-corrected chi connectivity index (χ4v) is 6.80. The number of rotatable bonds is 5. The average molecular weight is 674 g/mol. The van der Waals surface area contributed by atoms with E-state index in [1.807, 2.05) is 69.0 Å². The number of nitrogens with zero attached hydrogens (tertiary/aromatic N) is 6. The van der Waals surface area contributed by atoms with Gasteiger partial charge in [-0.15, -0.1) is 0 Å². The zero-order valence-electron chi connectivity index (χ0n) is 24.1. The number of carbonyl (C=O) groups is 1. The van der Waals surface area contributed by atoms with E-state index in [2.05, 4.69) is 37.2 Å². The number of alkyl carbamates (subject to hydrolysis) is 1. The second-order valence-electron chi connectivity index (χ2n) is 12.0.